The largest absolute Gasteiger partial charge is 0.493 e. The summed E-state index contributed by atoms with van der Waals surface area (Å²) in [6.45, 7) is 11.5. The minimum absolute atomic E-state index is 0.0504. The van der Waals surface area contributed by atoms with E-state index < -0.39 is 0 Å². The highest BCUT2D eigenvalue weighted by Crippen LogP contribution is 2.44. The highest BCUT2D eigenvalue weighted by atomic mass is 16.5. The van der Waals surface area contributed by atoms with Crippen LogP contribution in [0.3, 0.4) is 0 Å². The molecule has 0 saturated heterocycles. The number of carbonyl (C=O) groups is 1. The second-order valence-corrected chi connectivity index (χ2v) is 9.73. The Hall–Kier alpha value is -3.15. The van der Waals surface area contributed by atoms with E-state index in [1.807, 2.05) is 23.9 Å². The first kappa shape index (κ1) is 22.1. The summed E-state index contributed by atoms with van der Waals surface area (Å²) in [6.07, 6.45) is 7.18. The van der Waals surface area contributed by atoms with Gasteiger partial charge in [0.1, 0.15) is 5.75 Å². The van der Waals surface area contributed by atoms with E-state index in [1.165, 1.54) is 12.5 Å². The van der Waals surface area contributed by atoms with Crippen LogP contribution in [0.15, 0.2) is 47.7 Å². The fourth-order valence-electron chi connectivity index (χ4n) is 4.45. The minimum Gasteiger partial charge on any atom is -0.493 e. The van der Waals surface area contributed by atoms with Gasteiger partial charge in [0, 0.05) is 49.2 Å². The van der Waals surface area contributed by atoms with Crippen LogP contribution in [-0.4, -0.2) is 26.7 Å². The van der Waals surface area contributed by atoms with E-state index in [0.717, 1.165) is 42.0 Å². The Morgan fingerprint density at radius 3 is 2.69 bits per heavy atom. The predicted octanol–water partition coefficient (Wildman–Crippen LogP) is 4.84. The van der Waals surface area contributed by atoms with Crippen LogP contribution in [0.1, 0.15) is 61.6 Å². The molecule has 3 aromatic rings. The first-order valence-electron chi connectivity index (χ1n) is 11.2. The van der Waals surface area contributed by atoms with Crippen molar-refractivity contribution < 1.29 is 9.53 Å². The second kappa shape index (κ2) is 8.41. The van der Waals surface area contributed by atoms with Crippen LogP contribution in [-0.2, 0) is 13.0 Å². The van der Waals surface area contributed by atoms with E-state index in [-0.39, 0.29) is 28.2 Å². The average molecular weight is 434 g/mol. The molecule has 168 valence electrons. The fourth-order valence-corrected chi connectivity index (χ4v) is 4.45. The molecule has 0 fully saturated rings. The summed E-state index contributed by atoms with van der Waals surface area (Å²) in [4.78, 5) is 24.7. The Balaban J connectivity index is 1.67. The van der Waals surface area contributed by atoms with E-state index in [1.54, 1.807) is 18.5 Å². The van der Waals surface area contributed by atoms with E-state index in [2.05, 4.69) is 42.6 Å². The molecule has 0 amide bonds. The number of rotatable bonds is 6. The van der Waals surface area contributed by atoms with Crippen LogP contribution < -0.4 is 10.2 Å². The number of fused-ring (bicyclic) bond motifs is 3. The van der Waals surface area contributed by atoms with E-state index in [4.69, 9.17) is 4.74 Å². The lowest BCUT2D eigenvalue weighted by atomic mass is 9.78. The van der Waals surface area contributed by atoms with E-state index in [9.17, 15) is 9.59 Å². The normalized spacial score (nSPS) is 15.2. The minimum atomic E-state index is -0.221. The Bertz CT molecular complexity index is 1200. The van der Waals surface area contributed by atoms with Crippen molar-refractivity contribution in [1.29, 1.82) is 0 Å². The summed E-state index contributed by atoms with van der Waals surface area (Å²) in [5, 5.41) is 4.22. The van der Waals surface area contributed by atoms with Crippen LogP contribution in [0.5, 0.6) is 5.75 Å². The Labute approximate surface area is 188 Å². The number of benzene rings is 1. The standard InChI is InChI=1S/C26H31N3O3/c1-17-12-20-19(13-24(17)32-11-7-10-28-9-6-8-27-28)14-25(26(3,4)5)29-16-21(18(2)30)23(31)15-22(20)29/h6,8-9,12-13,15-16,25H,7,10-11,14H2,1-5H3. The van der Waals surface area contributed by atoms with Crippen molar-refractivity contribution in [3.05, 3.63) is 69.8 Å². The zero-order valence-electron chi connectivity index (χ0n) is 19.5. The van der Waals surface area contributed by atoms with Gasteiger partial charge in [-0.25, -0.2) is 0 Å². The number of ketones is 1. The van der Waals surface area contributed by atoms with Crippen LogP contribution in [0.4, 0.5) is 0 Å². The monoisotopic (exact) mass is 433 g/mol. The summed E-state index contributed by atoms with van der Waals surface area (Å²) >= 11 is 0. The third kappa shape index (κ3) is 4.27. The molecule has 0 radical (unpaired) electrons. The molecule has 0 spiro atoms. The molecule has 2 aromatic heterocycles. The van der Waals surface area contributed by atoms with Crippen LogP contribution in [0.2, 0.25) is 0 Å². The molecule has 4 rings (SSSR count). The Morgan fingerprint density at radius 2 is 2.03 bits per heavy atom. The molecule has 0 aliphatic carbocycles. The molecule has 0 bridgehead atoms. The molecule has 1 aliphatic rings. The number of aromatic nitrogens is 3. The topological polar surface area (TPSA) is 66.1 Å². The van der Waals surface area contributed by atoms with Crippen molar-refractivity contribution >= 4 is 5.78 Å². The maximum Gasteiger partial charge on any atom is 0.192 e. The molecule has 1 aliphatic heterocycles. The van der Waals surface area contributed by atoms with Gasteiger partial charge in [0.2, 0.25) is 0 Å². The SMILES string of the molecule is CC(=O)c1cn2c(cc1=O)-c1cc(C)c(OCCCn3cccn3)cc1CC2C(C)(C)C. The van der Waals surface area contributed by atoms with Crippen LogP contribution in [0.25, 0.3) is 11.3 Å². The van der Waals surface area contributed by atoms with Crippen molar-refractivity contribution in [2.45, 2.75) is 60.0 Å². The van der Waals surface area contributed by atoms with E-state index >= 15 is 0 Å². The zero-order chi connectivity index (χ0) is 23.0. The van der Waals surface area contributed by atoms with Crippen LogP contribution in [0, 0.1) is 12.3 Å². The van der Waals surface area contributed by atoms with Crippen molar-refractivity contribution in [2.75, 3.05) is 6.61 Å². The Morgan fingerprint density at radius 1 is 1.25 bits per heavy atom. The number of hydrogen-bond acceptors (Lipinski definition) is 4. The number of Topliss-reactive ketones (excluding diaryl/α,β-unsaturated/α-hetero) is 1. The molecular formula is C26H31N3O3. The highest BCUT2D eigenvalue weighted by Gasteiger charge is 2.33. The quantitative estimate of drug-likeness (QED) is 0.412. The zero-order valence-corrected chi connectivity index (χ0v) is 19.5. The predicted molar refractivity (Wildman–Crippen MR) is 125 cm³/mol. The van der Waals surface area contributed by atoms with Crippen molar-refractivity contribution in [3.63, 3.8) is 0 Å². The maximum atomic E-state index is 12.7. The molecule has 0 N–H and O–H groups in total. The van der Waals surface area contributed by atoms with Gasteiger partial charge in [0.05, 0.1) is 17.9 Å². The highest BCUT2D eigenvalue weighted by molar-refractivity contribution is 5.94. The van der Waals surface area contributed by atoms with Gasteiger partial charge in [-0.15, -0.1) is 0 Å². The molecule has 6 heteroatoms. The Kier molecular flexibility index (Phi) is 5.80. The number of ether oxygens (including phenoxy) is 1. The molecule has 6 nitrogen and oxygen atoms in total. The fraction of sp³-hybridized carbons (Fsp3) is 0.423. The summed E-state index contributed by atoms with van der Waals surface area (Å²) in [7, 11) is 0. The third-order valence-corrected chi connectivity index (χ3v) is 6.23. The molecule has 1 aromatic carbocycles. The molecule has 1 unspecified atom stereocenters. The maximum absolute atomic E-state index is 12.7. The molecule has 32 heavy (non-hydrogen) atoms. The molecular weight excluding hydrogens is 402 g/mol. The van der Waals surface area contributed by atoms with Crippen molar-refractivity contribution in [1.82, 2.24) is 14.3 Å². The van der Waals surface area contributed by atoms with Crippen LogP contribution >= 0.6 is 0 Å². The number of hydrogen-bond donors (Lipinski definition) is 0. The van der Waals surface area contributed by atoms with Crippen molar-refractivity contribution in [2.24, 2.45) is 5.41 Å². The number of carbonyl (C=O) groups excluding carboxylic acids is 1. The number of pyridine rings is 1. The average Bonchev–Trinajstić information content (AvgIpc) is 3.23. The molecule has 1 atom stereocenters. The van der Waals surface area contributed by atoms with Gasteiger partial charge in [0.15, 0.2) is 11.2 Å². The van der Waals surface area contributed by atoms with Gasteiger partial charge >= 0.3 is 0 Å². The second-order valence-electron chi connectivity index (χ2n) is 9.73. The first-order chi connectivity index (χ1) is 15.1. The lowest BCUT2D eigenvalue weighted by Crippen LogP contribution is -2.32. The van der Waals surface area contributed by atoms with Gasteiger partial charge < -0.3 is 9.30 Å². The summed E-state index contributed by atoms with van der Waals surface area (Å²) in [5.74, 6) is 0.687. The van der Waals surface area contributed by atoms with E-state index in [0.29, 0.717) is 6.61 Å². The van der Waals surface area contributed by atoms with Gasteiger partial charge in [0.25, 0.3) is 0 Å². The molecule has 3 heterocycles. The van der Waals surface area contributed by atoms with Gasteiger partial charge in [-0.2, -0.15) is 5.10 Å². The summed E-state index contributed by atoms with van der Waals surface area (Å²) in [5.41, 5.74) is 4.10. The third-order valence-electron chi connectivity index (χ3n) is 6.23. The van der Waals surface area contributed by atoms with Gasteiger partial charge in [-0.1, -0.05) is 20.8 Å². The van der Waals surface area contributed by atoms with Gasteiger partial charge in [-0.05, 0) is 55.0 Å². The van der Waals surface area contributed by atoms with Crippen molar-refractivity contribution in [3.8, 4) is 17.0 Å². The number of nitrogens with zero attached hydrogens (tertiary/aromatic N) is 3. The smallest absolute Gasteiger partial charge is 0.192 e. The summed E-state index contributed by atoms with van der Waals surface area (Å²) in [6, 6.07) is 7.90. The first-order valence-corrected chi connectivity index (χ1v) is 11.2. The van der Waals surface area contributed by atoms with Gasteiger partial charge in [-0.3, -0.25) is 14.3 Å². The lowest BCUT2D eigenvalue weighted by Gasteiger charge is -2.39. The molecule has 0 saturated carbocycles. The summed E-state index contributed by atoms with van der Waals surface area (Å²) < 4.78 is 10.2. The lowest BCUT2D eigenvalue weighted by molar-refractivity contribution is 0.101. The number of aryl methyl sites for hydroxylation is 2.